The molecule has 1 aromatic carbocycles. The average molecular weight is 444 g/mol. The summed E-state index contributed by atoms with van der Waals surface area (Å²) in [5.41, 5.74) is 1.10. The fourth-order valence-electron chi connectivity index (χ4n) is 2.95. The second-order valence-electron chi connectivity index (χ2n) is 6.74. The van der Waals surface area contributed by atoms with Gasteiger partial charge in [0.1, 0.15) is 0 Å². The smallest absolute Gasteiger partial charge is 0.328 e. The molecule has 0 unspecified atom stereocenters. The van der Waals surface area contributed by atoms with Crippen LogP contribution in [-0.4, -0.2) is 47.5 Å². The van der Waals surface area contributed by atoms with Gasteiger partial charge in [0.2, 0.25) is 35.4 Å². The first kappa shape index (κ1) is 22.1. The van der Waals surface area contributed by atoms with E-state index in [1.54, 1.807) is 24.3 Å². The van der Waals surface area contributed by atoms with Crippen molar-refractivity contribution in [2.45, 2.75) is 13.1 Å². The number of imide groups is 4. The first-order valence-corrected chi connectivity index (χ1v) is 9.10. The molecule has 1 aromatic rings. The van der Waals surface area contributed by atoms with Crippen LogP contribution in [0, 0.1) is 11.8 Å². The Bertz CT molecular complexity index is 948. The number of hydrogen-bond donors (Lipinski definition) is 6. The topological polar surface area (TPSA) is 209 Å². The summed E-state index contributed by atoms with van der Waals surface area (Å²) >= 11 is 0. The number of carbonyl (C=O) groups excluding carboxylic acids is 8. The van der Waals surface area contributed by atoms with Crippen molar-refractivity contribution >= 4 is 47.5 Å². The lowest BCUT2D eigenvalue weighted by Gasteiger charge is -2.20. The van der Waals surface area contributed by atoms with E-state index < -0.39 is 59.3 Å². The summed E-state index contributed by atoms with van der Waals surface area (Å²) in [6.07, 6.45) is 0. The SMILES string of the molecule is O=C1NC(=O)C(C(=O)NCc2cccc(CNC(=O)C3C(=O)NC(=O)NC3=O)c2)C(=O)N1. The molecule has 3 rings (SSSR count). The van der Waals surface area contributed by atoms with E-state index in [0.717, 1.165) is 0 Å². The Morgan fingerprint density at radius 1 is 0.656 bits per heavy atom. The van der Waals surface area contributed by atoms with Crippen LogP contribution in [0.4, 0.5) is 9.59 Å². The highest BCUT2D eigenvalue weighted by Gasteiger charge is 2.40. The van der Waals surface area contributed by atoms with E-state index in [9.17, 15) is 38.4 Å². The Morgan fingerprint density at radius 3 is 1.34 bits per heavy atom. The molecule has 10 amide bonds. The summed E-state index contributed by atoms with van der Waals surface area (Å²) in [7, 11) is 0. The van der Waals surface area contributed by atoms with E-state index in [1.807, 2.05) is 21.3 Å². The van der Waals surface area contributed by atoms with Gasteiger partial charge in [-0.2, -0.15) is 0 Å². The first-order valence-electron chi connectivity index (χ1n) is 9.10. The maximum absolute atomic E-state index is 12.2. The fraction of sp³-hybridized carbons (Fsp3) is 0.222. The van der Waals surface area contributed by atoms with Crippen molar-refractivity contribution in [3.05, 3.63) is 35.4 Å². The molecule has 0 radical (unpaired) electrons. The molecule has 0 spiro atoms. The number of amides is 10. The molecular weight excluding hydrogens is 428 g/mol. The monoisotopic (exact) mass is 444 g/mol. The molecule has 0 aliphatic carbocycles. The summed E-state index contributed by atoms with van der Waals surface area (Å²) in [4.78, 5) is 93.2. The van der Waals surface area contributed by atoms with E-state index >= 15 is 0 Å². The Labute approximate surface area is 178 Å². The quantitative estimate of drug-likeness (QED) is 0.247. The number of hydrogen-bond acceptors (Lipinski definition) is 8. The van der Waals surface area contributed by atoms with Gasteiger partial charge in [0.15, 0.2) is 11.8 Å². The minimum Gasteiger partial charge on any atom is -0.351 e. The van der Waals surface area contributed by atoms with Crippen molar-refractivity contribution in [3.63, 3.8) is 0 Å². The number of nitrogens with one attached hydrogen (secondary N) is 6. The molecule has 6 N–H and O–H groups in total. The van der Waals surface area contributed by atoms with Crippen molar-refractivity contribution in [1.82, 2.24) is 31.9 Å². The minimum atomic E-state index is -1.71. The zero-order valence-electron chi connectivity index (χ0n) is 16.1. The van der Waals surface area contributed by atoms with Crippen molar-refractivity contribution in [2.75, 3.05) is 0 Å². The highest BCUT2D eigenvalue weighted by atomic mass is 16.2. The molecule has 32 heavy (non-hydrogen) atoms. The normalized spacial score (nSPS) is 17.1. The molecule has 2 aliphatic heterocycles. The predicted octanol–water partition coefficient (Wildman–Crippen LogP) is -3.12. The number of carbonyl (C=O) groups is 8. The van der Waals surface area contributed by atoms with Gasteiger partial charge in [0, 0.05) is 13.1 Å². The van der Waals surface area contributed by atoms with Gasteiger partial charge in [-0.1, -0.05) is 24.3 Å². The molecule has 2 aliphatic rings. The third-order valence-electron chi connectivity index (χ3n) is 4.44. The molecule has 14 nitrogen and oxygen atoms in total. The molecule has 14 heteroatoms. The second kappa shape index (κ2) is 9.03. The number of barbiturate groups is 2. The van der Waals surface area contributed by atoms with Gasteiger partial charge in [0.05, 0.1) is 0 Å². The minimum absolute atomic E-state index is 0.0683. The van der Waals surface area contributed by atoms with Crippen LogP contribution < -0.4 is 31.9 Å². The van der Waals surface area contributed by atoms with Gasteiger partial charge >= 0.3 is 12.1 Å². The summed E-state index contributed by atoms with van der Waals surface area (Å²) in [6, 6.07) is 4.45. The molecule has 2 saturated heterocycles. The van der Waals surface area contributed by atoms with Crippen molar-refractivity contribution in [3.8, 4) is 0 Å². The third-order valence-corrected chi connectivity index (χ3v) is 4.44. The standard InChI is InChI=1S/C18H16N6O8/c25-11(9-13(27)21-17(31)22-14(9)28)19-5-7-2-1-3-8(4-7)6-20-12(26)10-15(29)23-18(32)24-16(10)30/h1-4,9-10H,5-6H2,(H,19,25)(H,20,26)(H2,21,22,27,28,31)(H2,23,24,29,30,32). The van der Waals surface area contributed by atoms with Crippen molar-refractivity contribution in [1.29, 1.82) is 0 Å². The van der Waals surface area contributed by atoms with Gasteiger partial charge in [0.25, 0.3) is 0 Å². The van der Waals surface area contributed by atoms with Crippen LogP contribution in [-0.2, 0) is 41.9 Å². The zero-order valence-corrected chi connectivity index (χ0v) is 16.1. The van der Waals surface area contributed by atoms with Crippen LogP contribution in [0.1, 0.15) is 11.1 Å². The van der Waals surface area contributed by atoms with Crippen LogP contribution in [0.2, 0.25) is 0 Å². The Hall–Kier alpha value is -4.62. The van der Waals surface area contributed by atoms with Crippen LogP contribution in [0.15, 0.2) is 24.3 Å². The fourth-order valence-corrected chi connectivity index (χ4v) is 2.95. The number of urea groups is 2. The van der Waals surface area contributed by atoms with E-state index in [4.69, 9.17) is 0 Å². The Morgan fingerprint density at radius 2 is 1.00 bits per heavy atom. The van der Waals surface area contributed by atoms with Crippen LogP contribution in [0.5, 0.6) is 0 Å². The van der Waals surface area contributed by atoms with Crippen LogP contribution in [0.3, 0.4) is 0 Å². The van der Waals surface area contributed by atoms with Crippen molar-refractivity contribution in [2.24, 2.45) is 11.8 Å². The molecule has 2 heterocycles. The van der Waals surface area contributed by atoms with Crippen molar-refractivity contribution < 1.29 is 38.4 Å². The number of rotatable bonds is 6. The average Bonchev–Trinajstić information content (AvgIpc) is 2.69. The molecule has 166 valence electrons. The van der Waals surface area contributed by atoms with E-state index in [0.29, 0.717) is 11.1 Å². The Balaban J connectivity index is 1.55. The van der Waals surface area contributed by atoms with Gasteiger partial charge < -0.3 is 10.6 Å². The van der Waals surface area contributed by atoms with Gasteiger partial charge in [-0.3, -0.25) is 50.0 Å². The summed E-state index contributed by atoms with van der Waals surface area (Å²) in [5.74, 6) is -9.39. The molecule has 0 saturated carbocycles. The van der Waals surface area contributed by atoms with Crippen LogP contribution in [0.25, 0.3) is 0 Å². The summed E-state index contributed by atoms with van der Waals surface area (Å²) in [6.45, 7) is -0.137. The predicted molar refractivity (Wildman–Crippen MR) is 100 cm³/mol. The lowest BCUT2D eigenvalue weighted by molar-refractivity contribution is -0.145. The first-order chi connectivity index (χ1) is 15.2. The van der Waals surface area contributed by atoms with E-state index in [-0.39, 0.29) is 13.1 Å². The maximum atomic E-state index is 12.2. The van der Waals surface area contributed by atoms with E-state index in [1.165, 1.54) is 0 Å². The summed E-state index contributed by atoms with van der Waals surface area (Å²) < 4.78 is 0. The highest BCUT2D eigenvalue weighted by molar-refractivity contribution is 6.26. The zero-order chi connectivity index (χ0) is 23.4. The van der Waals surface area contributed by atoms with E-state index in [2.05, 4.69) is 10.6 Å². The molecule has 0 bridgehead atoms. The molecule has 2 fully saturated rings. The summed E-state index contributed by atoms with van der Waals surface area (Å²) in [5, 5.41) is 12.1. The highest BCUT2D eigenvalue weighted by Crippen LogP contribution is 2.08. The van der Waals surface area contributed by atoms with Gasteiger partial charge in [-0.25, -0.2) is 9.59 Å². The largest absolute Gasteiger partial charge is 0.351 e. The number of benzene rings is 1. The maximum Gasteiger partial charge on any atom is 0.328 e. The lowest BCUT2D eigenvalue weighted by atomic mass is 10.0. The third kappa shape index (κ3) is 4.92. The lowest BCUT2D eigenvalue weighted by Crippen LogP contribution is -2.59. The van der Waals surface area contributed by atoms with Crippen LogP contribution >= 0.6 is 0 Å². The molecule has 0 atom stereocenters. The van der Waals surface area contributed by atoms with Gasteiger partial charge in [-0.15, -0.1) is 0 Å². The van der Waals surface area contributed by atoms with Gasteiger partial charge in [-0.05, 0) is 11.1 Å². The Kier molecular flexibility index (Phi) is 6.23. The second-order valence-corrected chi connectivity index (χ2v) is 6.74. The molecular formula is C18H16N6O8. The molecule has 0 aromatic heterocycles.